The molecule has 17 heavy (non-hydrogen) atoms. The average Bonchev–Trinajstić information content (AvgIpc) is 2.78. The predicted octanol–water partition coefficient (Wildman–Crippen LogP) is 3.08. The van der Waals surface area contributed by atoms with E-state index in [0.717, 1.165) is 4.88 Å². The molecule has 0 saturated heterocycles. The second kappa shape index (κ2) is 4.84. The lowest BCUT2D eigenvalue weighted by Crippen LogP contribution is -1.99. The molecule has 1 aromatic carbocycles. The molecule has 2 N–H and O–H groups in total. The van der Waals surface area contributed by atoms with Crippen LogP contribution in [-0.2, 0) is 4.79 Å². The Balaban J connectivity index is 2.46. The molecule has 0 aliphatic heterocycles. The first-order valence-electron chi connectivity index (χ1n) is 4.95. The Bertz CT molecular complexity index is 556. The van der Waals surface area contributed by atoms with E-state index < -0.39 is 5.97 Å². The predicted molar refractivity (Wildman–Crippen MR) is 67.9 cm³/mol. The molecule has 0 atom stereocenters. The molecule has 0 saturated carbocycles. The molecule has 1 aromatic heterocycles. The normalized spacial score (nSPS) is 11.4. The van der Waals surface area contributed by atoms with Crippen molar-refractivity contribution in [3.63, 3.8) is 0 Å². The maximum Gasteiger partial charge on any atom is 0.336 e. The van der Waals surface area contributed by atoms with Gasteiger partial charge in [0.25, 0.3) is 0 Å². The van der Waals surface area contributed by atoms with E-state index >= 15 is 0 Å². The fourth-order valence-corrected chi connectivity index (χ4v) is 2.11. The smallest absolute Gasteiger partial charge is 0.336 e. The summed E-state index contributed by atoms with van der Waals surface area (Å²) in [5.41, 5.74) is 0.661. The highest BCUT2D eigenvalue weighted by Gasteiger charge is 2.11. The quantitative estimate of drug-likeness (QED) is 0.818. The molecule has 0 spiro atoms. The minimum atomic E-state index is -1.01. The molecule has 0 radical (unpaired) electrons. The summed E-state index contributed by atoms with van der Waals surface area (Å²) in [5, 5.41) is 20.4. The fraction of sp³-hybridized carbons (Fsp3) is 0. The van der Waals surface area contributed by atoms with Crippen molar-refractivity contribution in [3.8, 4) is 5.75 Å². The molecule has 86 valence electrons. The van der Waals surface area contributed by atoms with Crippen molar-refractivity contribution < 1.29 is 15.0 Å². The van der Waals surface area contributed by atoms with Crippen LogP contribution in [0.2, 0.25) is 0 Å². The van der Waals surface area contributed by atoms with Crippen LogP contribution in [0, 0.1) is 0 Å². The van der Waals surface area contributed by atoms with Gasteiger partial charge in [0.2, 0.25) is 0 Å². The second-order valence-electron chi connectivity index (χ2n) is 3.43. The van der Waals surface area contributed by atoms with Crippen LogP contribution < -0.4 is 0 Å². The van der Waals surface area contributed by atoms with Crippen molar-refractivity contribution in [3.05, 3.63) is 52.2 Å². The molecule has 0 aliphatic rings. The minimum Gasteiger partial charge on any atom is -0.508 e. The van der Waals surface area contributed by atoms with Crippen molar-refractivity contribution in [1.82, 2.24) is 0 Å². The van der Waals surface area contributed by atoms with Gasteiger partial charge < -0.3 is 10.2 Å². The summed E-state index contributed by atoms with van der Waals surface area (Å²) < 4.78 is 0. The first-order valence-corrected chi connectivity index (χ1v) is 5.82. The lowest BCUT2D eigenvalue weighted by atomic mass is 10.1. The molecule has 0 amide bonds. The third kappa shape index (κ3) is 2.73. The van der Waals surface area contributed by atoms with Gasteiger partial charge in [0.1, 0.15) is 5.75 Å². The van der Waals surface area contributed by atoms with E-state index in [1.165, 1.54) is 23.5 Å². The van der Waals surface area contributed by atoms with E-state index in [0.29, 0.717) is 5.56 Å². The van der Waals surface area contributed by atoms with E-state index in [9.17, 15) is 15.0 Å². The van der Waals surface area contributed by atoms with Crippen molar-refractivity contribution in [2.45, 2.75) is 0 Å². The summed E-state index contributed by atoms with van der Waals surface area (Å²) >= 11 is 1.47. The van der Waals surface area contributed by atoms with Crippen molar-refractivity contribution in [1.29, 1.82) is 0 Å². The molecule has 0 aliphatic carbocycles. The second-order valence-corrected chi connectivity index (χ2v) is 4.41. The summed E-state index contributed by atoms with van der Waals surface area (Å²) in [6.07, 6.45) is 1.60. The Morgan fingerprint density at radius 3 is 2.65 bits per heavy atom. The first-order chi connectivity index (χ1) is 8.16. The third-order valence-electron chi connectivity index (χ3n) is 2.22. The Labute approximate surface area is 102 Å². The SMILES string of the molecule is O=C(O)/C(=C\c1cccs1)c1cccc(O)c1. The standard InChI is InChI=1S/C13H10O3S/c14-10-4-1-3-9(7-10)12(13(15)16)8-11-5-2-6-17-11/h1-8,14H,(H,15,16)/b12-8-. The Kier molecular flexibility index (Phi) is 3.25. The minimum absolute atomic E-state index is 0.0563. The zero-order valence-electron chi connectivity index (χ0n) is 8.83. The summed E-state index contributed by atoms with van der Waals surface area (Å²) in [6.45, 7) is 0. The van der Waals surface area contributed by atoms with Crippen LogP contribution in [0.5, 0.6) is 5.75 Å². The van der Waals surface area contributed by atoms with E-state index in [2.05, 4.69) is 0 Å². The number of carbonyl (C=O) groups is 1. The molecular weight excluding hydrogens is 236 g/mol. The molecule has 2 rings (SSSR count). The van der Waals surface area contributed by atoms with E-state index in [1.807, 2.05) is 17.5 Å². The molecular formula is C13H10O3S. The van der Waals surface area contributed by atoms with Crippen LogP contribution in [0.25, 0.3) is 11.6 Å². The average molecular weight is 246 g/mol. The zero-order valence-corrected chi connectivity index (χ0v) is 9.65. The molecule has 2 aromatic rings. The number of aliphatic carboxylic acids is 1. The van der Waals surface area contributed by atoms with E-state index in [1.54, 1.807) is 18.2 Å². The van der Waals surface area contributed by atoms with Crippen LogP contribution in [0.4, 0.5) is 0 Å². The molecule has 1 heterocycles. The summed E-state index contributed by atoms with van der Waals surface area (Å²) in [5.74, 6) is -0.954. The number of carboxylic acid groups (broad SMARTS) is 1. The lowest BCUT2D eigenvalue weighted by molar-refractivity contribution is -0.130. The highest BCUT2D eigenvalue weighted by Crippen LogP contribution is 2.23. The number of phenolic OH excluding ortho intramolecular Hbond substituents is 1. The van der Waals surface area contributed by atoms with Gasteiger partial charge in [-0.25, -0.2) is 4.79 Å². The lowest BCUT2D eigenvalue weighted by Gasteiger charge is -2.02. The number of aromatic hydroxyl groups is 1. The molecule has 3 nitrogen and oxygen atoms in total. The number of carboxylic acids is 1. The monoisotopic (exact) mass is 246 g/mol. The van der Waals surface area contributed by atoms with Gasteiger partial charge in [0.05, 0.1) is 5.57 Å². The fourth-order valence-electron chi connectivity index (χ4n) is 1.46. The molecule has 0 fully saturated rings. The number of benzene rings is 1. The highest BCUT2D eigenvalue weighted by atomic mass is 32.1. The topological polar surface area (TPSA) is 57.5 Å². The van der Waals surface area contributed by atoms with Gasteiger partial charge in [-0.2, -0.15) is 0 Å². The van der Waals surface area contributed by atoms with E-state index in [-0.39, 0.29) is 11.3 Å². The number of thiophene rings is 1. The Morgan fingerprint density at radius 1 is 1.24 bits per heavy atom. The third-order valence-corrected chi connectivity index (χ3v) is 3.04. The van der Waals surface area contributed by atoms with Gasteiger partial charge in [0.15, 0.2) is 0 Å². The van der Waals surface area contributed by atoms with E-state index in [4.69, 9.17) is 0 Å². The Hall–Kier alpha value is -2.07. The summed E-state index contributed by atoms with van der Waals surface area (Å²) in [6, 6.07) is 9.93. The summed E-state index contributed by atoms with van der Waals surface area (Å²) in [4.78, 5) is 12.1. The van der Waals surface area contributed by atoms with Gasteiger partial charge in [-0.3, -0.25) is 0 Å². The van der Waals surface area contributed by atoms with Crippen LogP contribution in [0.1, 0.15) is 10.4 Å². The largest absolute Gasteiger partial charge is 0.508 e. The highest BCUT2D eigenvalue weighted by molar-refractivity contribution is 7.10. The maximum absolute atomic E-state index is 11.2. The van der Waals surface area contributed by atoms with Crippen molar-refractivity contribution >= 4 is 29.0 Å². The van der Waals surface area contributed by atoms with Gasteiger partial charge in [-0.05, 0) is 35.2 Å². The van der Waals surface area contributed by atoms with Gasteiger partial charge in [-0.15, -0.1) is 11.3 Å². The number of phenols is 1. The van der Waals surface area contributed by atoms with Gasteiger partial charge in [-0.1, -0.05) is 18.2 Å². The van der Waals surface area contributed by atoms with Crippen molar-refractivity contribution in [2.75, 3.05) is 0 Å². The maximum atomic E-state index is 11.2. The van der Waals surface area contributed by atoms with Crippen LogP contribution in [0.15, 0.2) is 41.8 Å². The molecule has 0 unspecified atom stereocenters. The van der Waals surface area contributed by atoms with Crippen LogP contribution in [0.3, 0.4) is 0 Å². The number of hydrogen-bond donors (Lipinski definition) is 2. The van der Waals surface area contributed by atoms with Crippen LogP contribution >= 0.6 is 11.3 Å². The first kappa shape index (κ1) is 11.4. The molecule has 4 heteroatoms. The number of hydrogen-bond acceptors (Lipinski definition) is 3. The summed E-state index contributed by atoms with van der Waals surface area (Å²) in [7, 11) is 0. The van der Waals surface area contributed by atoms with Crippen molar-refractivity contribution in [2.24, 2.45) is 0 Å². The Morgan fingerprint density at radius 2 is 2.06 bits per heavy atom. The number of rotatable bonds is 3. The van der Waals surface area contributed by atoms with Gasteiger partial charge in [0, 0.05) is 4.88 Å². The van der Waals surface area contributed by atoms with Gasteiger partial charge >= 0.3 is 5.97 Å². The van der Waals surface area contributed by atoms with Crippen LogP contribution in [-0.4, -0.2) is 16.2 Å². The zero-order chi connectivity index (χ0) is 12.3. The molecule has 0 bridgehead atoms.